The summed E-state index contributed by atoms with van der Waals surface area (Å²) in [4.78, 5) is 14.8. The highest BCUT2D eigenvalue weighted by Gasteiger charge is 2.44. The van der Waals surface area contributed by atoms with E-state index in [0.717, 1.165) is 16.9 Å². The van der Waals surface area contributed by atoms with E-state index >= 15 is 0 Å². The van der Waals surface area contributed by atoms with E-state index in [1.54, 1.807) is 25.9 Å². The summed E-state index contributed by atoms with van der Waals surface area (Å²) in [5, 5.41) is 10.2. The monoisotopic (exact) mass is 397 g/mol. The Morgan fingerprint density at radius 2 is 1.83 bits per heavy atom. The standard InChI is InChI=1S/C24H31NO4/c1-18(19-10-12-21(28-4)13-11-19)25-17-16-24(29-22(25)26,15-14-23(2,3)27)20-8-6-5-7-9-20/h5-13,18,27H,14-17H2,1-4H3/t18-,24+/m0/s1. The normalized spacial score (nSPS) is 20.9. The maximum absolute atomic E-state index is 13.1. The number of hydrogen-bond acceptors (Lipinski definition) is 4. The lowest BCUT2D eigenvalue weighted by molar-refractivity contribution is -0.0767. The lowest BCUT2D eigenvalue weighted by Gasteiger charge is -2.44. The number of methoxy groups -OCH3 is 1. The van der Waals surface area contributed by atoms with Crippen LogP contribution in [-0.2, 0) is 10.3 Å². The summed E-state index contributed by atoms with van der Waals surface area (Å²) in [7, 11) is 1.64. The summed E-state index contributed by atoms with van der Waals surface area (Å²) in [6.45, 7) is 6.17. The van der Waals surface area contributed by atoms with Crippen LogP contribution < -0.4 is 4.74 Å². The molecule has 1 aliphatic rings. The number of carbonyl (C=O) groups is 1. The molecule has 1 heterocycles. The minimum atomic E-state index is -0.818. The van der Waals surface area contributed by atoms with Gasteiger partial charge in [0.25, 0.3) is 0 Å². The third-order valence-electron chi connectivity index (χ3n) is 5.78. The average Bonchev–Trinajstić information content (AvgIpc) is 2.72. The predicted octanol–water partition coefficient (Wildman–Crippen LogP) is 5.05. The maximum Gasteiger partial charge on any atom is 0.411 e. The van der Waals surface area contributed by atoms with Crippen LogP contribution in [0.25, 0.3) is 0 Å². The summed E-state index contributed by atoms with van der Waals surface area (Å²) < 4.78 is 11.3. The van der Waals surface area contributed by atoms with Crippen LogP contribution in [0.4, 0.5) is 4.79 Å². The van der Waals surface area contributed by atoms with E-state index in [0.29, 0.717) is 25.8 Å². The SMILES string of the molecule is COc1ccc([C@H](C)N2CC[C@](CCC(C)(C)O)(c3ccccc3)OC2=O)cc1. The van der Waals surface area contributed by atoms with Crippen molar-refractivity contribution in [1.82, 2.24) is 4.90 Å². The van der Waals surface area contributed by atoms with Crippen LogP contribution in [0.15, 0.2) is 54.6 Å². The molecule has 0 radical (unpaired) electrons. The highest BCUT2D eigenvalue weighted by molar-refractivity contribution is 5.70. The third kappa shape index (κ3) is 4.91. The van der Waals surface area contributed by atoms with Gasteiger partial charge in [0.15, 0.2) is 0 Å². The van der Waals surface area contributed by atoms with Gasteiger partial charge in [-0.25, -0.2) is 4.79 Å². The molecule has 0 bridgehead atoms. The molecule has 5 nitrogen and oxygen atoms in total. The average molecular weight is 398 g/mol. The molecule has 1 saturated heterocycles. The second kappa shape index (κ2) is 8.46. The Morgan fingerprint density at radius 1 is 1.17 bits per heavy atom. The molecule has 0 aliphatic carbocycles. The van der Waals surface area contributed by atoms with Crippen molar-refractivity contribution in [3.05, 3.63) is 65.7 Å². The first-order chi connectivity index (χ1) is 13.7. The van der Waals surface area contributed by atoms with Crippen molar-refractivity contribution in [2.45, 2.75) is 57.3 Å². The van der Waals surface area contributed by atoms with Crippen molar-refractivity contribution >= 4 is 6.09 Å². The van der Waals surface area contributed by atoms with E-state index in [-0.39, 0.29) is 12.1 Å². The van der Waals surface area contributed by atoms with Gasteiger partial charge in [0.1, 0.15) is 11.4 Å². The van der Waals surface area contributed by atoms with E-state index in [1.807, 2.05) is 61.5 Å². The molecule has 1 fully saturated rings. The molecule has 2 atom stereocenters. The number of nitrogens with zero attached hydrogens (tertiary/aromatic N) is 1. The molecule has 156 valence electrons. The molecule has 0 spiro atoms. The van der Waals surface area contributed by atoms with Gasteiger partial charge in [-0.2, -0.15) is 0 Å². The number of carbonyl (C=O) groups excluding carboxylic acids is 1. The second-order valence-corrected chi connectivity index (χ2v) is 8.43. The van der Waals surface area contributed by atoms with E-state index < -0.39 is 11.2 Å². The van der Waals surface area contributed by atoms with Crippen molar-refractivity contribution in [1.29, 1.82) is 0 Å². The number of cyclic esters (lactones) is 1. The van der Waals surface area contributed by atoms with Gasteiger partial charge in [0, 0.05) is 13.0 Å². The van der Waals surface area contributed by atoms with Gasteiger partial charge >= 0.3 is 6.09 Å². The fraction of sp³-hybridized carbons (Fsp3) is 0.458. The van der Waals surface area contributed by atoms with E-state index in [1.165, 1.54) is 0 Å². The number of amides is 1. The first-order valence-corrected chi connectivity index (χ1v) is 10.2. The van der Waals surface area contributed by atoms with Crippen molar-refractivity contribution in [2.75, 3.05) is 13.7 Å². The van der Waals surface area contributed by atoms with Crippen LogP contribution >= 0.6 is 0 Å². The lowest BCUT2D eigenvalue weighted by Crippen LogP contribution is -2.49. The molecule has 29 heavy (non-hydrogen) atoms. The van der Waals surface area contributed by atoms with Crippen LogP contribution in [0.5, 0.6) is 5.75 Å². The molecule has 1 aliphatic heterocycles. The second-order valence-electron chi connectivity index (χ2n) is 8.43. The summed E-state index contributed by atoms with van der Waals surface area (Å²) in [5.74, 6) is 0.789. The highest BCUT2D eigenvalue weighted by atomic mass is 16.6. The smallest absolute Gasteiger partial charge is 0.411 e. The molecule has 1 N–H and O–H groups in total. The van der Waals surface area contributed by atoms with Crippen LogP contribution in [0.3, 0.4) is 0 Å². The Bertz CT molecular complexity index is 813. The Balaban J connectivity index is 1.80. The zero-order chi connectivity index (χ0) is 21.1. The van der Waals surface area contributed by atoms with E-state index in [4.69, 9.17) is 9.47 Å². The zero-order valence-corrected chi connectivity index (χ0v) is 17.7. The number of ether oxygens (including phenoxy) is 2. The van der Waals surface area contributed by atoms with Crippen LogP contribution in [-0.4, -0.2) is 35.4 Å². The molecule has 2 aromatic carbocycles. The Kier molecular flexibility index (Phi) is 6.18. The van der Waals surface area contributed by atoms with Gasteiger partial charge in [-0.3, -0.25) is 0 Å². The fourth-order valence-electron chi connectivity index (χ4n) is 3.86. The van der Waals surface area contributed by atoms with Crippen LogP contribution in [0, 0.1) is 0 Å². The molecular weight excluding hydrogens is 366 g/mol. The molecule has 0 unspecified atom stereocenters. The van der Waals surface area contributed by atoms with Crippen molar-refractivity contribution in [2.24, 2.45) is 0 Å². The first-order valence-electron chi connectivity index (χ1n) is 10.2. The zero-order valence-electron chi connectivity index (χ0n) is 17.7. The molecule has 5 heteroatoms. The summed E-state index contributed by atoms with van der Waals surface area (Å²) in [5.41, 5.74) is 0.483. The van der Waals surface area contributed by atoms with E-state index in [2.05, 4.69) is 0 Å². The van der Waals surface area contributed by atoms with Crippen LogP contribution in [0.2, 0.25) is 0 Å². The van der Waals surface area contributed by atoms with Crippen molar-refractivity contribution in [3.63, 3.8) is 0 Å². The topological polar surface area (TPSA) is 59.0 Å². The van der Waals surface area contributed by atoms with E-state index in [9.17, 15) is 9.90 Å². The fourth-order valence-corrected chi connectivity index (χ4v) is 3.86. The number of hydrogen-bond donors (Lipinski definition) is 1. The quantitative estimate of drug-likeness (QED) is 0.711. The highest BCUT2D eigenvalue weighted by Crippen LogP contribution is 2.41. The number of rotatable bonds is 7. The maximum atomic E-state index is 13.1. The largest absolute Gasteiger partial charge is 0.497 e. The summed E-state index contributed by atoms with van der Waals surface area (Å²) in [6.07, 6.45) is 1.48. The Labute approximate surface area is 173 Å². The molecule has 0 aromatic heterocycles. The summed E-state index contributed by atoms with van der Waals surface area (Å²) >= 11 is 0. The van der Waals surface area contributed by atoms with Crippen molar-refractivity contribution < 1.29 is 19.4 Å². The predicted molar refractivity (Wildman–Crippen MR) is 113 cm³/mol. The minimum absolute atomic E-state index is 0.100. The van der Waals surface area contributed by atoms with Gasteiger partial charge in [-0.15, -0.1) is 0 Å². The van der Waals surface area contributed by atoms with Crippen LogP contribution in [0.1, 0.15) is 57.2 Å². The minimum Gasteiger partial charge on any atom is -0.497 e. The molecular formula is C24H31NO4. The number of benzene rings is 2. The van der Waals surface area contributed by atoms with Crippen molar-refractivity contribution in [3.8, 4) is 5.75 Å². The van der Waals surface area contributed by atoms with Gasteiger partial charge in [0.2, 0.25) is 0 Å². The number of aliphatic hydroxyl groups is 1. The third-order valence-corrected chi connectivity index (χ3v) is 5.78. The molecule has 3 rings (SSSR count). The molecule has 1 amide bonds. The summed E-state index contributed by atoms with van der Waals surface area (Å²) in [6, 6.07) is 17.5. The lowest BCUT2D eigenvalue weighted by atomic mass is 9.82. The van der Waals surface area contributed by atoms with Gasteiger partial charge in [-0.05, 0) is 56.9 Å². The molecule has 2 aromatic rings. The first kappa shape index (κ1) is 21.2. The van der Waals surface area contributed by atoms with Gasteiger partial charge < -0.3 is 19.5 Å². The Morgan fingerprint density at radius 3 is 2.38 bits per heavy atom. The molecule has 0 saturated carbocycles. The Hall–Kier alpha value is -2.53. The van der Waals surface area contributed by atoms with Gasteiger partial charge in [0.05, 0.1) is 18.8 Å². The van der Waals surface area contributed by atoms with Gasteiger partial charge in [-0.1, -0.05) is 42.5 Å².